The number of nitrogens with zero attached hydrogens (tertiary/aromatic N) is 1. The van der Waals surface area contributed by atoms with Gasteiger partial charge in [-0.3, -0.25) is 4.98 Å². The summed E-state index contributed by atoms with van der Waals surface area (Å²) in [6, 6.07) is 37.0. The molecular formula is C44H47FN2O3Si. The lowest BCUT2D eigenvalue weighted by Crippen LogP contribution is -2.68. The first-order valence-electron chi connectivity index (χ1n) is 17.4. The Labute approximate surface area is 303 Å². The van der Waals surface area contributed by atoms with E-state index in [2.05, 4.69) is 99.9 Å². The number of halogens is 1. The van der Waals surface area contributed by atoms with Crippen molar-refractivity contribution in [3.63, 3.8) is 0 Å². The smallest absolute Gasteiger partial charge is 0.328 e. The lowest BCUT2D eigenvalue weighted by molar-refractivity contribution is -0.143. The van der Waals surface area contributed by atoms with Gasteiger partial charge < -0.3 is 14.5 Å². The number of pyridine rings is 1. The Balaban J connectivity index is 1.50. The molecule has 0 saturated heterocycles. The van der Waals surface area contributed by atoms with Crippen LogP contribution in [0.25, 0.3) is 11.1 Å². The average Bonchev–Trinajstić information content (AvgIpc) is 3.14. The minimum Gasteiger partial charge on any atom is -0.533 e. The van der Waals surface area contributed by atoms with Crippen molar-refractivity contribution in [3.05, 3.63) is 164 Å². The van der Waals surface area contributed by atoms with Crippen molar-refractivity contribution in [1.82, 2.24) is 4.98 Å². The number of hydrogen-bond donors (Lipinski definition) is 1. The molecule has 51 heavy (non-hydrogen) atoms. The number of esters is 1. The predicted octanol–water partition coefficient (Wildman–Crippen LogP) is 9.45. The van der Waals surface area contributed by atoms with Gasteiger partial charge in [0.25, 0.3) is 0 Å². The molecule has 0 spiro atoms. The van der Waals surface area contributed by atoms with Crippen molar-refractivity contribution in [1.29, 1.82) is 0 Å². The molecule has 0 aliphatic rings. The van der Waals surface area contributed by atoms with Gasteiger partial charge in [0, 0.05) is 22.9 Å². The molecule has 4 aromatic carbocycles. The van der Waals surface area contributed by atoms with Gasteiger partial charge in [-0.1, -0.05) is 118 Å². The average molecular weight is 699 g/mol. The van der Waals surface area contributed by atoms with Gasteiger partial charge in [0.1, 0.15) is 17.6 Å². The molecule has 1 N–H and O–H groups in total. The van der Waals surface area contributed by atoms with Gasteiger partial charge in [0.15, 0.2) is 0 Å². The van der Waals surface area contributed by atoms with Crippen molar-refractivity contribution < 1.29 is 18.3 Å². The third kappa shape index (κ3) is 8.38. The second-order valence-corrected chi connectivity index (χ2v) is 17.8. The van der Waals surface area contributed by atoms with Crippen molar-refractivity contribution in [2.45, 2.75) is 57.5 Å². The molecule has 0 bridgehead atoms. The van der Waals surface area contributed by atoms with E-state index in [0.29, 0.717) is 29.8 Å². The molecule has 7 heteroatoms. The van der Waals surface area contributed by atoms with Gasteiger partial charge in [-0.25, -0.2) is 9.18 Å². The molecule has 0 saturated carbocycles. The van der Waals surface area contributed by atoms with E-state index in [1.165, 1.54) is 22.5 Å². The standard InChI is InChI=1S/C44H47FN2O3Si/c1-7-17-38(32-19-16-20-33(29-32)39-30-34(45)25-27-41(39)47-42(18-8-2)43(48)49-9-3)40-28-26-35(31-46-40)50-51(44(4,5)6,36-21-12-10-13-22-36)37-23-14-11-15-24-37/h7-8,10-16,19-31,38,42,47H,1-2,9,17-18H2,3-6H3. The molecule has 0 amide bonds. The van der Waals surface area contributed by atoms with Gasteiger partial charge in [0.05, 0.1) is 12.8 Å². The molecule has 1 heterocycles. The van der Waals surface area contributed by atoms with E-state index in [1.54, 1.807) is 19.1 Å². The number of anilines is 1. The molecule has 1 aromatic heterocycles. The first-order chi connectivity index (χ1) is 24.6. The SMILES string of the molecule is C=CCC(Nc1ccc(F)cc1-c1cccc(C(CC=C)c2ccc(O[Si](c3ccccc3)(c3ccccc3)C(C)(C)C)cn2)c1)C(=O)OCC. The Morgan fingerprint density at radius 1 is 0.863 bits per heavy atom. The Morgan fingerprint density at radius 3 is 2.10 bits per heavy atom. The fraction of sp³-hybridized carbons (Fsp3) is 0.227. The number of nitrogens with one attached hydrogen (secondary N) is 1. The number of carbonyl (C=O) groups excluding carboxylic acids is 1. The summed E-state index contributed by atoms with van der Waals surface area (Å²) >= 11 is 0. The third-order valence-electron chi connectivity index (χ3n) is 9.09. The van der Waals surface area contributed by atoms with Gasteiger partial charge in [-0.2, -0.15) is 0 Å². The molecule has 2 atom stereocenters. The van der Waals surface area contributed by atoms with Crippen LogP contribution in [-0.4, -0.2) is 31.9 Å². The normalized spacial score (nSPS) is 12.7. The van der Waals surface area contributed by atoms with E-state index in [9.17, 15) is 9.18 Å². The minimum absolute atomic E-state index is 0.109. The highest BCUT2D eigenvalue weighted by atomic mass is 28.4. The molecule has 0 aliphatic heterocycles. The zero-order valence-corrected chi connectivity index (χ0v) is 30.9. The van der Waals surface area contributed by atoms with E-state index >= 15 is 0 Å². The molecule has 0 fully saturated rings. The highest BCUT2D eigenvalue weighted by molar-refractivity contribution is 7.00. The monoisotopic (exact) mass is 698 g/mol. The van der Waals surface area contributed by atoms with Crippen LogP contribution >= 0.6 is 0 Å². The van der Waals surface area contributed by atoms with Crippen LogP contribution in [0.5, 0.6) is 5.75 Å². The summed E-state index contributed by atoms with van der Waals surface area (Å²) in [5.41, 5.74) is 3.93. The molecule has 2 unspecified atom stereocenters. The summed E-state index contributed by atoms with van der Waals surface area (Å²) in [7, 11) is -2.83. The number of carbonyl (C=O) groups is 1. The van der Waals surface area contributed by atoms with Gasteiger partial charge in [0.2, 0.25) is 0 Å². The quantitative estimate of drug-likeness (QED) is 0.0671. The zero-order valence-electron chi connectivity index (χ0n) is 29.9. The van der Waals surface area contributed by atoms with Crippen LogP contribution in [0.15, 0.2) is 147 Å². The molecule has 0 aliphatic carbocycles. The van der Waals surface area contributed by atoms with Crippen LogP contribution in [0.3, 0.4) is 0 Å². The van der Waals surface area contributed by atoms with Crippen LogP contribution < -0.4 is 20.1 Å². The number of aromatic nitrogens is 1. The van der Waals surface area contributed by atoms with E-state index in [4.69, 9.17) is 14.1 Å². The summed E-state index contributed by atoms with van der Waals surface area (Å²) < 4.78 is 27.2. The van der Waals surface area contributed by atoms with E-state index in [-0.39, 0.29) is 29.3 Å². The van der Waals surface area contributed by atoms with Crippen molar-refractivity contribution in [2.75, 3.05) is 11.9 Å². The lowest BCUT2D eigenvalue weighted by Gasteiger charge is -2.42. The Bertz CT molecular complexity index is 1880. The van der Waals surface area contributed by atoms with Crippen LogP contribution in [0.1, 0.15) is 57.7 Å². The minimum atomic E-state index is -2.83. The maximum absolute atomic E-state index is 14.7. The third-order valence-corrected chi connectivity index (χ3v) is 14.0. The highest BCUT2D eigenvalue weighted by Crippen LogP contribution is 2.39. The largest absolute Gasteiger partial charge is 0.533 e. The Hall–Kier alpha value is -5.27. The van der Waals surface area contributed by atoms with Gasteiger partial charge in [-0.05, 0) is 76.6 Å². The summed E-state index contributed by atoms with van der Waals surface area (Å²) in [5, 5.41) is 5.47. The lowest BCUT2D eigenvalue weighted by atomic mass is 9.89. The van der Waals surface area contributed by atoms with Crippen LogP contribution in [0.4, 0.5) is 10.1 Å². The fourth-order valence-corrected chi connectivity index (χ4v) is 11.1. The molecular weight excluding hydrogens is 652 g/mol. The number of ether oxygens (including phenoxy) is 1. The van der Waals surface area contributed by atoms with E-state index < -0.39 is 14.4 Å². The Morgan fingerprint density at radius 2 is 1.53 bits per heavy atom. The number of benzene rings is 4. The number of allylic oxidation sites excluding steroid dienone is 1. The Kier molecular flexibility index (Phi) is 12.1. The summed E-state index contributed by atoms with van der Waals surface area (Å²) in [6.45, 7) is 16.6. The molecule has 5 rings (SSSR count). The van der Waals surface area contributed by atoms with Crippen LogP contribution in [-0.2, 0) is 9.53 Å². The van der Waals surface area contributed by atoms with Crippen LogP contribution in [0.2, 0.25) is 5.04 Å². The topological polar surface area (TPSA) is 60.5 Å². The van der Waals surface area contributed by atoms with Crippen molar-refractivity contribution in [3.8, 4) is 16.9 Å². The number of rotatable bonds is 15. The second kappa shape index (κ2) is 16.6. The molecule has 5 nitrogen and oxygen atoms in total. The maximum atomic E-state index is 14.7. The first-order valence-corrected chi connectivity index (χ1v) is 19.3. The van der Waals surface area contributed by atoms with E-state index in [1.807, 2.05) is 48.7 Å². The molecule has 262 valence electrons. The maximum Gasteiger partial charge on any atom is 0.328 e. The van der Waals surface area contributed by atoms with Crippen LogP contribution in [0, 0.1) is 5.82 Å². The fourth-order valence-electron chi connectivity index (χ4n) is 6.69. The second-order valence-electron chi connectivity index (χ2n) is 13.5. The van der Waals surface area contributed by atoms with Crippen molar-refractivity contribution >= 4 is 30.3 Å². The highest BCUT2D eigenvalue weighted by Gasteiger charge is 2.52. The summed E-state index contributed by atoms with van der Waals surface area (Å²) in [4.78, 5) is 17.7. The zero-order chi connectivity index (χ0) is 36.4. The van der Waals surface area contributed by atoms with E-state index in [0.717, 1.165) is 16.8 Å². The first kappa shape index (κ1) is 37.0. The number of hydrogen-bond acceptors (Lipinski definition) is 5. The predicted molar refractivity (Wildman–Crippen MR) is 210 cm³/mol. The van der Waals surface area contributed by atoms with Crippen molar-refractivity contribution in [2.24, 2.45) is 0 Å². The summed E-state index contributed by atoms with van der Waals surface area (Å²) in [5.74, 6) is -0.160. The summed E-state index contributed by atoms with van der Waals surface area (Å²) in [6.07, 6.45) is 6.39. The van der Waals surface area contributed by atoms with Gasteiger partial charge in [-0.15, -0.1) is 13.2 Å². The molecule has 5 aromatic rings. The van der Waals surface area contributed by atoms with Gasteiger partial charge >= 0.3 is 14.3 Å². The molecule has 0 radical (unpaired) electrons.